The standard InChI is InChI=1S/C26H21NO3/c1-18-12-13-19(16-28)15-20(18)7-6-14-27-26(29)30-17-25-23-10-4-2-8-21(23)22-9-3-5-11-24(22)25/h2-5,8-13,15-16,25H,14,17H2,1H3,(H,27,29). The molecular weight excluding hydrogens is 374 g/mol. The van der Waals surface area contributed by atoms with Crippen molar-refractivity contribution in [1.29, 1.82) is 0 Å². The zero-order valence-electron chi connectivity index (χ0n) is 16.6. The normalized spacial score (nSPS) is 11.6. The van der Waals surface area contributed by atoms with Crippen LogP contribution in [-0.2, 0) is 4.74 Å². The van der Waals surface area contributed by atoms with Gasteiger partial charge in [-0.3, -0.25) is 4.79 Å². The number of benzene rings is 3. The second-order valence-electron chi connectivity index (χ2n) is 7.17. The van der Waals surface area contributed by atoms with E-state index in [1.165, 1.54) is 22.3 Å². The van der Waals surface area contributed by atoms with Crippen LogP contribution in [0.25, 0.3) is 11.1 Å². The van der Waals surface area contributed by atoms with Crippen molar-refractivity contribution in [2.75, 3.05) is 13.2 Å². The zero-order chi connectivity index (χ0) is 20.9. The Morgan fingerprint density at radius 1 is 1.03 bits per heavy atom. The molecule has 148 valence electrons. The predicted molar refractivity (Wildman–Crippen MR) is 117 cm³/mol. The largest absolute Gasteiger partial charge is 0.449 e. The number of aryl methyl sites for hydroxylation is 1. The van der Waals surface area contributed by atoms with Crippen LogP contribution < -0.4 is 5.32 Å². The third kappa shape index (κ3) is 3.97. The maximum absolute atomic E-state index is 12.2. The first-order chi connectivity index (χ1) is 14.7. The van der Waals surface area contributed by atoms with Gasteiger partial charge in [-0.25, -0.2) is 4.79 Å². The van der Waals surface area contributed by atoms with Gasteiger partial charge in [0.1, 0.15) is 12.9 Å². The average molecular weight is 395 g/mol. The lowest BCUT2D eigenvalue weighted by atomic mass is 9.98. The van der Waals surface area contributed by atoms with Gasteiger partial charge in [0.2, 0.25) is 0 Å². The first-order valence-corrected chi connectivity index (χ1v) is 9.81. The summed E-state index contributed by atoms with van der Waals surface area (Å²) in [6, 6.07) is 21.8. The third-order valence-electron chi connectivity index (χ3n) is 5.29. The van der Waals surface area contributed by atoms with Gasteiger partial charge in [0.05, 0.1) is 6.54 Å². The van der Waals surface area contributed by atoms with E-state index in [1.54, 1.807) is 12.1 Å². The molecule has 0 aliphatic heterocycles. The average Bonchev–Trinajstić information content (AvgIpc) is 3.10. The Labute approximate surface area is 175 Å². The second-order valence-corrected chi connectivity index (χ2v) is 7.17. The van der Waals surface area contributed by atoms with Crippen LogP contribution in [0, 0.1) is 18.8 Å². The van der Waals surface area contributed by atoms with Crippen molar-refractivity contribution in [3.63, 3.8) is 0 Å². The molecular formula is C26H21NO3. The minimum atomic E-state index is -0.496. The van der Waals surface area contributed by atoms with Gasteiger partial charge in [-0.15, -0.1) is 0 Å². The number of amides is 1. The van der Waals surface area contributed by atoms with Crippen LogP contribution >= 0.6 is 0 Å². The summed E-state index contributed by atoms with van der Waals surface area (Å²) >= 11 is 0. The number of aldehydes is 1. The predicted octanol–water partition coefficient (Wildman–Crippen LogP) is 4.70. The molecule has 3 aromatic rings. The molecule has 0 unspecified atom stereocenters. The SMILES string of the molecule is Cc1ccc(C=O)cc1C#CCNC(=O)OCC1c2ccccc2-c2ccccc21. The van der Waals surface area contributed by atoms with Crippen LogP contribution in [-0.4, -0.2) is 25.5 Å². The molecule has 0 heterocycles. The van der Waals surface area contributed by atoms with E-state index < -0.39 is 6.09 Å². The van der Waals surface area contributed by atoms with Gasteiger partial charge in [-0.1, -0.05) is 72.5 Å². The molecule has 0 spiro atoms. The Morgan fingerprint density at radius 3 is 2.37 bits per heavy atom. The summed E-state index contributed by atoms with van der Waals surface area (Å²) in [7, 11) is 0. The highest BCUT2D eigenvalue weighted by molar-refractivity contribution is 5.79. The molecule has 30 heavy (non-hydrogen) atoms. The number of fused-ring (bicyclic) bond motifs is 3. The van der Waals surface area contributed by atoms with Crippen LogP contribution in [0.2, 0.25) is 0 Å². The first-order valence-electron chi connectivity index (χ1n) is 9.81. The molecule has 0 aromatic heterocycles. The zero-order valence-corrected chi connectivity index (χ0v) is 16.6. The van der Waals surface area contributed by atoms with E-state index in [1.807, 2.05) is 37.3 Å². The van der Waals surface area contributed by atoms with Crippen LogP contribution in [0.4, 0.5) is 4.79 Å². The molecule has 3 aromatic carbocycles. The van der Waals surface area contributed by atoms with Crippen LogP contribution in [0.5, 0.6) is 0 Å². The quantitative estimate of drug-likeness (QED) is 0.515. The molecule has 1 N–H and O–H groups in total. The maximum Gasteiger partial charge on any atom is 0.407 e. The number of ether oxygens (including phenoxy) is 1. The van der Waals surface area contributed by atoms with E-state index in [2.05, 4.69) is 41.4 Å². The molecule has 1 amide bonds. The fraction of sp³-hybridized carbons (Fsp3) is 0.154. The summed E-state index contributed by atoms with van der Waals surface area (Å²) in [4.78, 5) is 23.1. The van der Waals surface area contributed by atoms with E-state index in [9.17, 15) is 9.59 Å². The van der Waals surface area contributed by atoms with Gasteiger partial charge in [-0.2, -0.15) is 0 Å². The Kier molecular flexibility index (Phi) is 5.63. The molecule has 4 heteroatoms. The molecule has 0 fully saturated rings. The van der Waals surface area contributed by atoms with Gasteiger partial charge >= 0.3 is 6.09 Å². The highest BCUT2D eigenvalue weighted by Crippen LogP contribution is 2.44. The van der Waals surface area contributed by atoms with E-state index >= 15 is 0 Å². The maximum atomic E-state index is 12.2. The summed E-state index contributed by atoms with van der Waals surface area (Å²) in [5, 5.41) is 2.67. The Bertz CT molecular complexity index is 1120. The number of rotatable bonds is 4. The smallest absolute Gasteiger partial charge is 0.407 e. The summed E-state index contributed by atoms with van der Waals surface area (Å²) in [5.41, 5.74) is 7.08. The lowest BCUT2D eigenvalue weighted by Crippen LogP contribution is -2.26. The number of carbonyl (C=O) groups excluding carboxylic acids is 2. The number of hydrogen-bond acceptors (Lipinski definition) is 3. The number of alkyl carbamates (subject to hydrolysis) is 1. The van der Waals surface area contributed by atoms with Gasteiger partial charge in [0, 0.05) is 17.0 Å². The third-order valence-corrected chi connectivity index (χ3v) is 5.29. The molecule has 0 bridgehead atoms. The van der Waals surface area contributed by atoms with Crippen molar-refractivity contribution in [3.05, 3.63) is 94.5 Å². The Morgan fingerprint density at radius 2 is 1.70 bits per heavy atom. The molecule has 1 aliphatic rings. The molecule has 0 radical (unpaired) electrons. The lowest BCUT2D eigenvalue weighted by Gasteiger charge is -2.14. The van der Waals surface area contributed by atoms with Gasteiger partial charge in [0.15, 0.2) is 0 Å². The number of carbonyl (C=O) groups is 2. The number of hydrogen-bond donors (Lipinski definition) is 1. The van der Waals surface area contributed by atoms with E-state index in [0.717, 1.165) is 17.4 Å². The lowest BCUT2D eigenvalue weighted by molar-refractivity contribution is 0.112. The van der Waals surface area contributed by atoms with E-state index in [-0.39, 0.29) is 19.1 Å². The molecule has 4 rings (SSSR count). The summed E-state index contributed by atoms with van der Waals surface area (Å²) in [5.74, 6) is 5.92. The van der Waals surface area contributed by atoms with Crippen LogP contribution in [0.3, 0.4) is 0 Å². The minimum Gasteiger partial charge on any atom is -0.449 e. The van der Waals surface area contributed by atoms with Crippen molar-refractivity contribution in [2.24, 2.45) is 0 Å². The highest BCUT2D eigenvalue weighted by atomic mass is 16.5. The van der Waals surface area contributed by atoms with E-state index in [4.69, 9.17) is 4.74 Å². The Balaban J connectivity index is 1.36. The minimum absolute atomic E-state index is 0.0305. The Hall–Kier alpha value is -3.84. The van der Waals surface area contributed by atoms with Crippen molar-refractivity contribution in [2.45, 2.75) is 12.8 Å². The topological polar surface area (TPSA) is 55.4 Å². The van der Waals surface area contributed by atoms with Crippen molar-refractivity contribution in [1.82, 2.24) is 5.32 Å². The van der Waals surface area contributed by atoms with Gasteiger partial charge in [0.25, 0.3) is 0 Å². The second kappa shape index (κ2) is 8.67. The van der Waals surface area contributed by atoms with Crippen molar-refractivity contribution < 1.29 is 14.3 Å². The van der Waals surface area contributed by atoms with Gasteiger partial charge < -0.3 is 10.1 Å². The molecule has 0 saturated carbocycles. The highest BCUT2D eigenvalue weighted by Gasteiger charge is 2.28. The van der Waals surface area contributed by atoms with Crippen LogP contribution in [0.1, 0.15) is 38.5 Å². The summed E-state index contributed by atoms with van der Waals surface area (Å²) in [6.07, 6.45) is 0.295. The summed E-state index contributed by atoms with van der Waals surface area (Å²) < 4.78 is 5.49. The first kappa shape index (κ1) is 19.5. The molecule has 0 saturated heterocycles. The van der Waals surface area contributed by atoms with Crippen molar-refractivity contribution >= 4 is 12.4 Å². The fourth-order valence-electron chi connectivity index (χ4n) is 3.75. The van der Waals surface area contributed by atoms with Crippen molar-refractivity contribution in [3.8, 4) is 23.0 Å². The number of nitrogens with one attached hydrogen (secondary N) is 1. The molecule has 4 nitrogen and oxygen atoms in total. The summed E-state index contributed by atoms with van der Waals surface area (Å²) in [6.45, 7) is 2.37. The molecule has 0 atom stereocenters. The van der Waals surface area contributed by atoms with E-state index in [0.29, 0.717) is 5.56 Å². The molecule has 1 aliphatic carbocycles. The fourth-order valence-corrected chi connectivity index (χ4v) is 3.75. The monoisotopic (exact) mass is 395 g/mol. The van der Waals surface area contributed by atoms with Gasteiger partial charge in [-0.05, 0) is 40.8 Å². The van der Waals surface area contributed by atoms with Crippen LogP contribution in [0.15, 0.2) is 66.7 Å².